The van der Waals surface area contributed by atoms with Crippen molar-refractivity contribution in [1.82, 2.24) is 15.1 Å². The number of imide groups is 1. The van der Waals surface area contributed by atoms with Gasteiger partial charge in [0.2, 0.25) is 5.91 Å². The van der Waals surface area contributed by atoms with Crippen molar-refractivity contribution in [1.29, 1.82) is 0 Å². The van der Waals surface area contributed by atoms with Crippen LogP contribution in [0.5, 0.6) is 0 Å². The lowest BCUT2D eigenvalue weighted by Crippen LogP contribution is -2.54. The summed E-state index contributed by atoms with van der Waals surface area (Å²) in [5.74, 6) is -0.349. The molecule has 0 radical (unpaired) electrons. The molecule has 1 saturated carbocycles. The van der Waals surface area contributed by atoms with E-state index in [9.17, 15) is 14.4 Å². The summed E-state index contributed by atoms with van der Waals surface area (Å²) >= 11 is 5.00. The lowest BCUT2D eigenvalue weighted by atomic mass is 9.73. The molecule has 2 aliphatic rings. The third-order valence-electron chi connectivity index (χ3n) is 5.50. The smallest absolute Gasteiger partial charge is 0.325 e. The van der Waals surface area contributed by atoms with Gasteiger partial charge >= 0.3 is 6.03 Å². The van der Waals surface area contributed by atoms with Crippen LogP contribution < -0.4 is 5.32 Å². The van der Waals surface area contributed by atoms with Gasteiger partial charge in [-0.15, -0.1) is 11.3 Å². The first-order chi connectivity index (χ1) is 12.4. The molecule has 2 heterocycles. The highest BCUT2D eigenvalue weighted by Gasteiger charge is 2.55. The van der Waals surface area contributed by atoms with Gasteiger partial charge in [0.05, 0.1) is 10.3 Å². The lowest BCUT2D eigenvalue weighted by Gasteiger charge is -2.36. The number of hydrogen-bond donors (Lipinski definition) is 1. The van der Waals surface area contributed by atoms with Crippen molar-refractivity contribution >= 4 is 45.1 Å². The topological polar surface area (TPSA) is 69.7 Å². The molecule has 2 atom stereocenters. The SMILES string of the molecule is CCN(Cc1ccc(Br)s1)C(=O)CN1C(=O)NC2(CCCCC2C)C1=O. The standard InChI is InChI=1S/C18H24BrN3O3S/c1-3-21(10-13-7-8-14(19)26-13)15(23)11-22-16(24)18(20-17(22)25)9-5-4-6-12(18)2/h7-8,12H,3-6,9-11H2,1-2H3,(H,20,25). The van der Waals surface area contributed by atoms with E-state index in [1.165, 1.54) is 0 Å². The molecule has 3 rings (SSSR count). The van der Waals surface area contributed by atoms with Gasteiger partial charge in [0, 0.05) is 11.4 Å². The van der Waals surface area contributed by atoms with Crippen molar-refractivity contribution in [2.24, 2.45) is 5.92 Å². The molecule has 8 heteroatoms. The van der Waals surface area contributed by atoms with Crippen LogP contribution in [-0.2, 0) is 16.1 Å². The summed E-state index contributed by atoms with van der Waals surface area (Å²) in [5.41, 5.74) is -0.814. The van der Waals surface area contributed by atoms with Crippen LogP contribution in [0.2, 0.25) is 0 Å². The minimum atomic E-state index is -0.814. The minimum Gasteiger partial charge on any atom is -0.336 e. The number of thiophene rings is 1. The summed E-state index contributed by atoms with van der Waals surface area (Å²) in [6.07, 6.45) is 3.57. The van der Waals surface area contributed by atoms with Crippen molar-refractivity contribution < 1.29 is 14.4 Å². The molecule has 142 valence electrons. The summed E-state index contributed by atoms with van der Waals surface area (Å²) in [6.45, 7) is 4.72. The van der Waals surface area contributed by atoms with E-state index in [0.29, 0.717) is 19.5 Å². The van der Waals surface area contributed by atoms with Gasteiger partial charge in [-0.1, -0.05) is 19.8 Å². The van der Waals surface area contributed by atoms with Gasteiger partial charge < -0.3 is 10.2 Å². The van der Waals surface area contributed by atoms with E-state index in [0.717, 1.165) is 32.8 Å². The van der Waals surface area contributed by atoms with E-state index >= 15 is 0 Å². The van der Waals surface area contributed by atoms with Crippen LogP contribution >= 0.6 is 27.3 Å². The molecule has 1 aromatic heterocycles. The molecular weight excluding hydrogens is 418 g/mol. The highest BCUT2D eigenvalue weighted by atomic mass is 79.9. The van der Waals surface area contributed by atoms with Gasteiger partial charge in [-0.2, -0.15) is 0 Å². The van der Waals surface area contributed by atoms with E-state index in [1.54, 1.807) is 16.2 Å². The fourth-order valence-electron chi connectivity index (χ4n) is 3.88. The van der Waals surface area contributed by atoms with Gasteiger partial charge in [-0.3, -0.25) is 14.5 Å². The number of urea groups is 1. The third-order valence-corrected chi connectivity index (χ3v) is 7.11. The van der Waals surface area contributed by atoms with Crippen LogP contribution in [0.1, 0.15) is 44.4 Å². The molecule has 1 spiro atoms. The normalized spacial score (nSPS) is 25.7. The Bertz CT molecular complexity index is 722. The van der Waals surface area contributed by atoms with Gasteiger partial charge in [-0.05, 0) is 53.7 Å². The molecule has 0 aromatic carbocycles. The highest BCUT2D eigenvalue weighted by molar-refractivity contribution is 9.11. The van der Waals surface area contributed by atoms with Crippen molar-refractivity contribution in [3.05, 3.63) is 20.8 Å². The van der Waals surface area contributed by atoms with Crippen LogP contribution in [0, 0.1) is 5.92 Å². The molecule has 4 amide bonds. The Morgan fingerprint density at radius 1 is 1.42 bits per heavy atom. The van der Waals surface area contributed by atoms with Gasteiger partial charge in [0.25, 0.3) is 5.91 Å². The number of nitrogens with zero attached hydrogens (tertiary/aromatic N) is 2. The zero-order valence-electron chi connectivity index (χ0n) is 15.1. The van der Waals surface area contributed by atoms with Crippen LogP contribution in [0.25, 0.3) is 0 Å². The summed E-state index contributed by atoms with van der Waals surface area (Å²) in [6, 6.07) is 3.48. The molecule has 1 aromatic rings. The molecule has 1 aliphatic carbocycles. The maximum Gasteiger partial charge on any atom is 0.325 e. The second-order valence-corrected chi connectivity index (χ2v) is 9.60. The highest BCUT2D eigenvalue weighted by Crippen LogP contribution is 2.38. The Hall–Kier alpha value is -1.41. The zero-order valence-corrected chi connectivity index (χ0v) is 17.5. The number of nitrogens with one attached hydrogen (secondary N) is 1. The molecule has 1 N–H and O–H groups in total. The Morgan fingerprint density at radius 3 is 2.81 bits per heavy atom. The van der Waals surface area contributed by atoms with Crippen molar-refractivity contribution in [3.8, 4) is 0 Å². The first-order valence-corrected chi connectivity index (χ1v) is 10.6. The molecule has 6 nitrogen and oxygen atoms in total. The fraction of sp³-hybridized carbons (Fsp3) is 0.611. The zero-order chi connectivity index (χ0) is 18.9. The molecule has 1 saturated heterocycles. The number of hydrogen-bond acceptors (Lipinski definition) is 4. The first-order valence-electron chi connectivity index (χ1n) is 9.03. The number of halogens is 1. The number of rotatable bonds is 5. The molecule has 2 fully saturated rings. The van der Waals surface area contributed by atoms with Gasteiger partial charge in [0.1, 0.15) is 12.1 Å². The Labute approximate surface area is 166 Å². The Balaban J connectivity index is 1.69. The third kappa shape index (κ3) is 3.53. The summed E-state index contributed by atoms with van der Waals surface area (Å²) in [7, 11) is 0. The fourth-order valence-corrected chi connectivity index (χ4v) is 5.37. The molecule has 26 heavy (non-hydrogen) atoms. The lowest BCUT2D eigenvalue weighted by molar-refractivity contribution is -0.140. The van der Waals surface area contributed by atoms with Gasteiger partial charge in [-0.25, -0.2) is 4.79 Å². The minimum absolute atomic E-state index is 0.0959. The Kier molecular flexibility index (Phi) is 5.72. The van der Waals surface area contributed by atoms with Crippen molar-refractivity contribution in [3.63, 3.8) is 0 Å². The van der Waals surface area contributed by atoms with E-state index in [1.807, 2.05) is 26.0 Å². The van der Waals surface area contributed by atoms with E-state index in [2.05, 4.69) is 21.2 Å². The van der Waals surface area contributed by atoms with Crippen molar-refractivity contribution in [2.45, 2.75) is 51.6 Å². The van der Waals surface area contributed by atoms with E-state index in [4.69, 9.17) is 0 Å². The number of carbonyl (C=O) groups is 3. The van der Waals surface area contributed by atoms with Crippen LogP contribution in [0.15, 0.2) is 15.9 Å². The average Bonchev–Trinajstić information content (AvgIpc) is 3.12. The summed E-state index contributed by atoms with van der Waals surface area (Å²) in [4.78, 5) is 42.0. The quantitative estimate of drug-likeness (QED) is 0.711. The molecule has 2 unspecified atom stereocenters. The maximum atomic E-state index is 13.0. The van der Waals surface area contributed by atoms with E-state index < -0.39 is 11.6 Å². The second kappa shape index (κ2) is 7.68. The Morgan fingerprint density at radius 2 is 2.19 bits per heavy atom. The maximum absolute atomic E-state index is 13.0. The van der Waals surface area contributed by atoms with Gasteiger partial charge in [0.15, 0.2) is 0 Å². The first kappa shape index (κ1) is 19.4. The summed E-state index contributed by atoms with van der Waals surface area (Å²) < 4.78 is 1.01. The average molecular weight is 442 g/mol. The van der Waals surface area contributed by atoms with Crippen molar-refractivity contribution in [2.75, 3.05) is 13.1 Å². The molecular formula is C18H24BrN3O3S. The predicted octanol–water partition coefficient (Wildman–Crippen LogP) is 3.36. The number of amides is 4. The second-order valence-electron chi connectivity index (χ2n) is 7.05. The molecule has 1 aliphatic heterocycles. The predicted molar refractivity (Wildman–Crippen MR) is 104 cm³/mol. The van der Waals surface area contributed by atoms with Crippen LogP contribution in [-0.4, -0.2) is 46.3 Å². The summed E-state index contributed by atoms with van der Waals surface area (Å²) in [5, 5.41) is 2.90. The molecule has 0 bridgehead atoms. The number of likely N-dealkylation sites (N-methyl/N-ethyl adjacent to an activating group) is 1. The van der Waals surface area contributed by atoms with Crippen LogP contribution in [0.4, 0.5) is 4.79 Å². The monoisotopic (exact) mass is 441 g/mol. The number of carbonyl (C=O) groups excluding carboxylic acids is 3. The van der Waals surface area contributed by atoms with Crippen LogP contribution in [0.3, 0.4) is 0 Å². The van der Waals surface area contributed by atoms with E-state index in [-0.39, 0.29) is 24.3 Å². The largest absolute Gasteiger partial charge is 0.336 e.